The summed E-state index contributed by atoms with van der Waals surface area (Å²) in [6, 6.07) is 2.12. The van der Waals surface area contributed by atoms with Gasteiger partial charge < -0.3 is 19.7 Å². The van der Waals surface area contributed by atoms with Gasteiger partial charge in [0.15, 0.2) is 23.1 Å². The predicted octanol–water partition coefficient (Wildman–Crippen LogP) is 5.70. The second-order valence-corrected chi connectivity index (χ2v) is 16.9. The number of hydrogen-bond acceptors (Lipinski definition) is 9. The van der Waals surface area contributed by atoms with E-state index in [2.05, 4.69) is 10.3 Å². The van der Waals surface area contributed by atoms with E-state index in [4.69, 9.17) is 26.1 Å². The number of likely N-dealkylation sites (tertiary alicyclic amines) is 1. The van der Waals surface area contributed by atoms with E-state index < -0.39 is 41.1 Å². The van der Waals surface area contributed by atoms with E-state index in [0.29, 0.717) is 23.5 Å². The van der Waals surface area contributed by atoms with E-state index in [9.17, 15) is 24.0 Å². The van der Waals surface area contributed by atoms with Crippen LogP contribution in [0.1, 0.15) is 112 Å². The first-order valence-corrected chi connectivity index (χ1v) is 18.7. The van der Waals surface area contributed by atoms with E-state index in [-0.39, 0.29) is 73.5 Å². The van der Waals surface area contributed by atoms with Crippen LogP contribution in [0.5, 0.6) is 5.88 Å². The number of rotatable bonds is 15. The molecule has 2 saturated carbocycles. The van der Waals surface area contributed by atoms with Gasteiger partial charge in [-0.05, 0) is 62.8 Å². The molecule has 3 heterocycles. The molecule has 4 fully saturated rings. The van der Waals surface area contributed by atoms with E-state index in [1.165, 1.54) is 11.1 Å². The largest absolute Gasteiger partial charge is 0.472 e. The number of ketones is 4. The number of hydrogen-bond donors (Lipinski definition) is 1. The summed E-state index contributed by atoms with van der Waals surface area (Å²) in [4.78, 5) is 78.2. The zero-order valence-corrected chi connectivity index (χ0v) is 30.9. The maximum absolute atomic E-state index is 14.6. The summed E-state index contributed by atoms with van der Waals surface area (Å²) in [5, 5.41) is 3.73. The van der Waals surface area contributed by atoms with Gasteiger partial charge in [-0.15, -0.1) is 0 Å². The van der Waals surface area contributed by atoms with Crippen LogP contribution in [-0.4, -0.2) is 81.8 Å². The average molecular weight is 713 g/mol. The molecule has 0 spiro atoms. The normalized spacial score (nSPS) is 24.3. The van der Waals surface area contributed by atoms with Gasteiger partial charge in [0.2, 0.25) is 11.8 Å². The zero-order valence-electron chi connectivity index (χ0n) is 30.2. The van der Waals surface area contributed by atoms with Crippen LogP contribution in [0.4, 0.5) is 0 Å². The van der Waals surface area contributed by atoms with Gasteiger partial charge in [-0.25, -0.2) is 9.98 Å². The van der Waals surface area contributed by atoms with Crippen molar-refractivity contribution >= 4 is 46.7 Å². The standard InChI is InChI=1S/C38H53ClN4O7/c1-37(2,3)27(19-32(47)34(24-9-7-6-8-10-24)41-36-42-38(4,5)22-49-36)35(48)43-21-26(50-33-16-13-25(39)20-40-33)18-28(43)29(44)14-15-30(45)31(46)17-23-11-12-23/h13,16,20,23-24,26-28,34H,6-12,14-15,17-19,21-22H2,1-5H3,(H,41,42)/t26-,27-,28+,34+/m1/s1. The van der Waals surface area contributed by atoms with Crippen molar-refractivity contribution in [2.24, 2.45) is 28.2 Å². The van der Waals surface area contributed by atoms with Gasteiger partial charge >= 0.3 is 0 Å². The maximum atomic E-state index is 14.6. The monoisotopic (exact) mass is 712 g/mol. The Bertz CT molecular complexity index is 1460. The van der Waals surface area contributed by atoms with Crippen molar-refractivity contribution in [1.82, 2.24) is 15.2 Å². The van der Waals surface area contributed by atoms with E-state index in [1.54, 1.807) is 12.1 Å². The van der Waals surface area contributed by atoms with Crippen molar-refractivity contribution in [3.05, 3.63) is 23.4 Å². The Balaban J connectivity index is 1.35. The minimum atomic E-state index is -0.876. The highest BCUT2D eigenvalue weighted by molar-refractivity contribution is 6.37. The molecule has 50 heavy (non-hydrogen) atoms. The third kappa shape index (κ3) is 10.1. The minimum Gasteiger partial charge on any atom is -0.472 e. The summed E-state index contributed by atoms with van der Waals surface area (Å²) in [7, 11) is 0. The molecule has 274 valence electrons. The number of Topliss-reactive ketones (excluding diaryl/α,β-unsaturated/α-hetero) is 4. The number of aromatic nitrogens is 1. The highest BCUT2D eigenvalue weighted by Crippen LogP contribution is 2.37. The van der Waals surface area contributed by atoms with Gasteiger partial charge in [0.05, 0.1) is 23.1 Å². The topological polar surface area (TPSA) is 144 Å². The zero-order chi connectivity index (χ0) is 36.2. The molecular formula is C38H53ClN4O7. The second-order valence-electron chi connectivity index (χ2n) is 16.4. The summed E-state index contributed by atoms with van der Waals surface area (Å²) < 4.78 is 11.9. The Labute approximate surface area is 300 Å². The molecule has 0 unspecified atom stereocenters. The van der Waals surface area contributed by atoms with Crippen LogP contribution < -0.4 is 10.1 Å². The van der Waals surface area contributed by atoms with Gasteiger partial charge in [-0.1, -0.05) is 51.6 Å². The molecule has 1 aromatic rings. The second kappa shape index (κ2) is 15.9. The van der Waals surface area contributed by atoms with Crippen LogP contribution in [0.2, 0.25) is 5.02 Å². The van der Waals surface area contributed by atoms with Crippen LogP contribution in [0.3, 0.4) is 0 Å². The quantitative estimate of drug-likeness (QED) is 0.227. The lowest BCUT2D eigenvalue weighted by atomic mass is 9.74. The van der Waals surface area contributed by atoms with Crippen LogP contribution in [0.25, 0.3) is 0 Å². The molecular weight excluding hydrogens is 660 g/mol. The Kier molecular flexibility index (Phi) is 12.1. The number of amides is 1. The smallest absolute Gasteiger partial charge is 0.285 e. The van der Waals surface area contributed by atoms with Gasteiger partial charge in [0, 0.05) is 50.3 Å². The van der Waals surface area contributed by atoms with Crippen molar-refractivity contribution in [2.45, 2.75) is 135 Å². The number of ether oxygens (including phenoxy) is 2. The maximum Gasteiger partial charge on any atom is 0.285 e. The van der Waals surface area contributed by atoms with Crippen molar-refractivity contribution in [2.75, 3.05) is 13.2 Å². The molecule has 0 aromatic carbocycles. The number of aliphatic imine (C=N–C) groups is 1. The minimum absolute atomic E-state index is 0.0422. The third-order valence-corrected chi connectivity index (χ3v) is 10.7. The first-order chi connectivity index (χ1) is 23.6. The van der Waals surface area contributed by atoms with Crippen LogP contribution in [0, 0.1) is 23.2 Å². The number of carbonyl (C=O) groups excluding carboxylic acids is 5. The molecule has 4 aliphatic rings. The highest BCUT2D eigenvalue weighted by Gasteiger charge is 2.46. The summed E-state index contributed by atoms with van der Waals surface area (Å²) >= 11 is 6.01. The first kappa shape index (κ1) is 37.9. The molecule has 2 saturated heterocycles. The van der Waals surface area contributed by atoms with Crippen molar-refractivity contribution in [3.8, 4) is 5.88 Å². The molecule has 2 aliphatic carbocycles. The van der Waals surface area contributed by atoms with Crippen molar-refractivity contribution < 1.29 is 33.4 Å². The number of nitrogens with zero attached hydrogens (tertiary/aromatic N) is 3. The Morgan fingerprint density at radius 3 is 2.38 bits per heavy atom. The molecule has 1 aromatic heterocycles. The van der Waals surface area contributed by atoms with Crippen molar-refractivity contribution in [3.63, 3.8) is 0 Å². The summed E-state index contributed by atoms with van der Waals surface area (Å²) in [6.45, 7) is 10.4. The lowest BCUT2D eigenvalue weighted by Crippen LogP contribution is -2.48. The summed E-state index contributed by atoms with van der Waals surface area (Å²) in [6.07, 6.45) is 7.80. The average Bonchev–Trinajstić information content (AvgIpc) is 3.67. The molecule has 12 heteroatoms. The molecule has 1 amide bonds. The fourth-order valence-corrected chi connectivity index (χ4v) is 7.37. The van der Waals surface area contributed by atoms with Crippen LogP contribution >= 0.6 is 11.6 Å². The molecule has 2 aliphatic heterocycles. The molecule has 0 radical (unpaired) electrons. The van der Waals surface area contributed by atoms with Crippen LogP contribution in [0.15, 0.2) is 23.3 Å². The fourth-order valence-electron chi connectivity index (χ4n) is 7.26. The Morgan fingerprint density at radius 1 is 1.06 bits per heavy atom. The molecule has 5 rings (SSSR count). The van der Waals surface area contributed by atoms with Gasteiger partial charge in [-0.2, -0.15) is 0 Å². The summed E-state index contributed by atoms with van der Waals surface area (Å²) in [5.74, 6) is -1.83. The van der Waals surface area contributed by atoms with Gasteiger partial charge in [0.1, 0.15) is 18.8 Å². The number of amidine groups is 1. The first-order valence-electron chi connectivity index (χ1n) is 18.3. The lowest BCUT2D eigenvalue weighted by molar-refractivity contribution is -0.146. The molecule has 11 nitrogen and oxygen atoms in total. The van der Waals surface area contributed by atoms with Gasteiger partial charge in [0.25, 0.3) is 6.02 Å². The predicted molar refractivity (Wildman–Crippen MR) is 189 cm³/mol. The number of carbonyl (C=O) groups is 5. The van der Waals surface area contributed by atoms with E-state index in [1.807, 2.05) is 34.6 Å². The van der Waals surface area contributed by atoms with Gasteiger partial charge in [-0.3, -0.25) is 24.0 Å². The molecule has 0 bridgehead atoms. The number of halogens is 1. The summed E-state index contributed by atoms with van der Waals surface area (Å²) in [5.41, 5.74) is -0.925. The fraction of sp³-hybridized carbons (Fsp3) is 0.711. The number of pyridine rings is 1. The Hall–Kier alpha value is -3.34. The van der Waals surface area contributed by atoms with E-state index >= 15 is 0 Å². The molecule has 1 N–H and O–H groups in total. The lowest BCUT2D eigenvalue weighted by Gasteiger charge is -2.36. The number of nitrogens with one attached hydrogen (secondary N) is 1. The SMILES string of the molecule is CC1(C)COC(=N[C@H](C(=O)C[C@H](C(=O)N2C[C@H](Oc3ccc(Cl)cn3)C[C@H]2C(=O)CCC(=O)C(=O)CC2CC2)C(C)(C)C)C2CCCCC2)N1. The van der Waals surface area contributed by atoms with Crippen LogP contribution in [-0.2, 0) is 28.7 Å². The van der Waals surface area contributed by atoms with E-state index in [0.717, 1.165) is 44.9 Å². The Morgan fingerprint density at radius 2 is 1.78 bits per heavy atom. The molecule has 4 atom stereocenters. The third-order valence-electron chi connectivity index (χ3n) is 10.4. The highest BCUT2D eigenvalue weighted by atomic mass is 35.5. The van der Waals surface area contributed by atoms with Crippen molar-refractivity contribution in [1.29, 1.82) is 0 Å².